The molecule has 2 aliphatic rings. The van der Waals surface area contributed by atoms with E-state index in [0.717, 1.165) is 13.0 Å². The highest BCUT2D eigenvalue weighted by molar-refractivity contribution is 7.93. The number of rotatable bonds is 6. The Hall–Kier alpha value is -2.69. The van der Waals surface area contributed by atoms with Gasteiger partial charge in [0.2, 0.25) is 0 Å². The van der Waals surface area contributed by atoms with Crippen molar-refractivity contribution in [3.05, 3.63) is 114 Å². The number of benzene rings is 3. The lowest BCUT2D eigenvalue weighted by molar-refractivity contribution is 0.228. The van der Waals surface area contributed by atoms with Gasteiger partial charge in [-0.3, -0.25) is 4.90 Å². The van der Waals surface area contributed by atoms with Gasteiger partial charge in [0, 0.05) is 25.0 Å². The molecule has 0 saturated carbocycles. The number of sulfone groups is 1. The van der Waals surface area contributed by atoms with Crippen molar-refractivity contribution in [2.75, 3.05) is 6.54 Å². The topological polar surface area (TPSA) is 37.4 Å². The Morgan fingerprint density at radius 1 is 0.818 bits per heavy atom. The third kappa shape index (κ3) is 4.07. The molecule has 1 aliphatic heterocycles. The standard InChI is InChI=1S/C29H31NO2S/c1-23-17-18-27-28(19-24-11-5-2-6-12-24)30(21-25-13-7-3-8-14-25)22-29(27,20-23)33(31,32)26-15-9-4-10-16-26/h2-18,23,27-28H,19-22H2,1H3/t23-,27+,28+,29+/m1/s1. The summed E-state index contributed by atoms with van der Waals surface area (Å²) in [5.41, 5.74) is 2.47. The minimum atomic E-state index is -3.54. The van der Waals surface area contributed by atoms with E-state index in [1.165, 1.54) is 11.1 Å². The van der Waals surface area contributed by atoms with Gasteiger partial charge in [0.25, 0.3) is 0 Å². The van der Waals surface area contributed by atoms with Gasteiger partial charge in [-0.1, -0.05) is 97.9 Å². The molecule has 1 aliphatic carbocycles. The number of hydrogen-bond donors (Lipinski definition) is 0. The Labute approximate surface area is 197 Å². The van der Waals surface area contributed by atoms with Gasteiger partial charge in [-0.25, -0.2) is 8.42 Å². The van der Waals surface area contributed by atoms with E-state index in [9.17, 15) is 8.42 Å². The van der Waals surface area contributed by atoms with E-state index in [4.69, 9.17) is 0 Å². The fourth-order valence-electron chi connectivity index (χ4n) is 5.88. The van der Waals surface area contributed by atoms with E-state index in [2.05, 4.69) is 72.5 Å². The van der Waals surface area contributed by atoms with Crippen molar-refractivity contribution in [2.45, 2.75) is 42.0 Å². The minimum Gasteiger partial charge on any atom is -0.294 e. The number of hydrogen-bond acceptors (Lipinski definition) is 3. The van der Waals surface area contributed by atoms with Crippen LogP contribution in [0.1, 0.15) is 24.5 Å². The van der Waals surface area contributed by atoms with Crippen LogP contribution in [0.3, 0.4) is 0 Å². The third-order valence-electron chi connectivity index (χ3n) is 7.38. The highest BCUT2D eigenvalue weighted by atomic mass is 32.2. The molecule has 4 heteroatoms. The van der Waals surface area contributed by atoms with Crippen LogP contribution in [-0.4, -0.2) is 30.7 Å². The molecule has 1 heterocycles. The van der Waals surface area contributed by atoms with E-state index in [-0.39, 0.29) is 17.9 Å². The van der Waals surface area contributed by atoms with E-state index in [1.807, 2.05) is 30.3 Å². The molecule has 0 unspecified atom stereocenters. The molecule has 5 rings (SSSR count). The van der Waals surface area contributed by atoms with Crippen LogP contribution >= 0.6 is 0 Å². The maximum absolute atomic E-state index is 14.3. The SMILES string of the molecule is C[C@@H]1C=C[C@H]2[C@H](Cc3ccccc3)N(Cc3ccccc3)C[C@@]2(S(=O)(=O)c2ccccc2)C1. The fraction of sp³-hybridized carbons (Fsp3) is 0.310. The van der Waals surface area contributed by atoms with Crippen LogP contribution in [0.4, 0.5) is 0 Å². The first-order chi connectivity index (χ1) is 16.0. The molecule has 3 aromatic carbocycles. The monoisotopic (exact) mass is 457 g/mol. The lowest BCUT2D eigenvalue weighted by atomic mass is 9.77. The summed E-state index contributed by atoms with van der Waals surface area (Å²) in [5, 5.41) is 0. The predicted molar refractivity (Wildman–Crippen MR) is 134 cm³/mol. The third-order valence-corrected chi connectivity index (χ3v) is 9.91. The van der Waals surface area contributed by atoms with Crippen LogP contribution in [-0.2, 0) is 22.8 Å². The molecule has 1 fully saturated rings. The Kier molecular flexibility index (Phi) is 5.98. The van der Waals surface area contributed by atoms with Crippen molar-refractivity contribution < 1.29 is 8.42 Å². The Morgan fingerprint density at radius 3 is 2.03 bits per heavy atom. The quantitative estimate of drug-likeness (QED) is 0.456. The van der Waals surface area contributed by atoms with Crippen molar-refractivity contribution in [3.63, 3.8) is 0 Å². The molecule has 0 aromatic heterocycles. The Bertz CT molecular complexity index is 1210. The van der Waals surface area contributed by atoms with Crippen LogP contribution in [0.5, 0.6) is 0 Å². The highest BCUT2D eigenvalue weighted by Gasteiger charge is 2.60. The number of allylic oxidation sites excluding steroid dienone is 1. The highest BCUT2D eigenvalue weighted by Crippen LogP contribution is 2.50. The largest absolute Gasteiger partial charge is 0.294 e. The molecule has 0 N–H and O–H groups in total. The molecule has 33 heavy (non-hydrogen) atoms. The molecule has 3 aromatic rings. The van der Waals surface area contributed by atoms with Crippen LogP contribution in [0, 0.1) is 11.8 Å². The summed E-state index contributed by atoms with van der Waals surface area (Å²) in [7, 11) is -3.54. The van der Waals surface area contributed by atoms with Gasteiger partial charge in [0.15, 0.2) is 9.84 Å². The summed E-state index contributed by atoms with van der Waals surface area (Å²) < 4.78 is 27.7. The molecule has 3 nitrogen and oxygen atoms in total. The molecule has 0 radical (unpaired) electrons. The average Bonchev–Trinajstić information content (AvgIpc) is 3.14. The first-order valence-electron chi connectivity index (χ1n) is 11.8. The summed E-state index contributed by atoms with van der Waals surface area (Å²) in [6, 6.07) is 30.1. The second kappa shape index (κ2) is 8.92. The molecular formula is C29H31NO2S. The van der Waals surface area contributed by atoms with Crippen molar-refractivity contribution in [2.24, 2.45) is 11.8 Å². The molecular weight excluding hydrogens is 426 g/mol. The van der Waals surface area contributed by atoms with Gasteiger partial charge in [-0.15, -0.1) is 0 Å². The smallest absolute Gasteiger partial charge is 0.185 e. The van der Waals surface area contributed by atoms with Gasteiger partial charge >= 0.3 is 0 Å². The van der Waals surface area contributed by atoms with Crippen molar-refractivity contribution in [1.29, 1.82) is 0 Å². The van der Waals surface area contributed by atoms with Gasteiger partial charge < -0.3 is 0 Å². The van der Waals surface area contributed by atoms with E-state index < -0.39 is 14.6 Å². The maximum atomic E-state index is 14.3. The predicted octanol–water partition coefficient (Wildman–Crippen LogP) is 5.54. The summed E-state index contributed by atoms with van der Waals surface area (Å²) in [6.45, 7) is 3.44. The van der Waals surface area contributed by atoms with Gasteiger partial charge in [0.05, 0.1) is 9.64 Å². The molecule has 1 saturated heterocycles. The van der Waals surface area contributed by atoms with Crippen LogP contribution in [0.15, 0.2) is 108 Å². The van der Waals surface area contributed by atoms with Crippen LogP contribution in [0.25, 0.3) is 0 Å². The van der Waals surface area contributed by atoms with E-state index >= 15 is 0 Å². The van der Waals surface area contributed by atoms with Crippen molar-refractivity contribution in [1.82, 2.24) is 4.90 Å². The first-order valence-corrected chi connectivity index (χ1v) is 13.3. The molecule has 4 atom stereocenters. The van der Waals surface area contributed by atoms with E-state index in [1.54, 1.807) is 12.1 Å². The fourth-order valence-corrected chi connectivity index (χ4v) is 8.28. The van der Waals surface area contributed by atoms with Crippen molar-refractivity contribution >= 4 is 9.84 Å². The molecule has 0 bridgehead atoms. The summed E-state index contributed by atoms with van der Waals surface area (Å²) in [5.74, 6) is 0.177. The first kappa shape index (κ1) is 22.1. The van der Waals surface area contributed by atoms with Gasteiger partial charge in [-0.2, -0.15) is 0 Å². The lowest BCUT2D eigenvalue weighted by Crippen LogP contribution is -2.49. The zero-order chi connectivity index (χ0) is 22.9. The second-order valence-corrected chi connectivity index (χ2v) is 11.9. The Morgan fingerprint density at radius 2 is 1.39 bits per heavy atom. The van der Waals surface area contributed by atoms with E-state index in [0.29, 0.717) is 17.9 Å². The number of likely N-dealkylation sites (tertiary alicyclic amines) is 1. The van der Waals surface area contributed by atoms with Gasteiger partial charge in [0.1, 0.15) is 0 Å². The second-order valence-electron chi connectivity index (χ2n) is 9.62. The lowest BCUT2D eigenvalue weighted by Gasteiger charge is -2.39. The summed E-state index contributed by atoms with van der Waals surface area (Å²) >= 11 is 0. The van der Waals surface area contributed by atoms with Crippen LogP contribution in [0.2, 0.25) is 0 Å². The van der Waals surface area contributed by atoms with Crippen molar-refractivity contribution in [3.8, 4) is 0 Å². The molecule has 170 valence electrons. The zero-order valence-electron chi connectivity index (χ0n) is 19.0. The number of nitrogens with zero attached hydrogens (tertiary/aromatic N) is 1. The van der Waals surface area contributed by atoms with Crippen LogP contribution < -0.4 is 0 Å². The Balaban J connectivity index is 1.60. The normalized spacial score (nSPS) is 27.4. The molecule has 0 amide bonds. The average molecular weight is 458 g/mol. The zero-order valence-corrected chi connectivity index (χ0v) is 19.9. The number of fused-ring (bicyclic) bond motifs is 1. The minimum absolute atomic E-state index is 0.0529. The molecule has 0 spiro atoms. The summed E-state index contributed by atoms with van der Waals surface area (Å²) in [6.07, 6.45) is 5.94. The summed E-state index contributed by atoms with van der Waals surface area (Å²) in [4.78, 5) is 2.87. The van der Waals surface area contributed by atoms with Gasteiger partial charge in [-0.05, 0) is 42.0 Å². The maximum Gasteiger partial charge on any atom is 0.185 e.